The van der Waals surface area contributed by atoms with Crippen LogP contribution in [0.1, 0.15) is 39.5 Å². The van der Waals surface area contributed by atoms with Crippen LogP contribution in [0.5, 0.6) is 0 Å². The first-order valence-corrected chi connectivity index (χ1v) is 7.10. The molecule has 0 aliphatic heterocycles. The second kappa shape index (κ2) is 4.62. The highest BCUT2D eigenvalue weighted by Gasteiger charge is 2.32. The molecule has 4 heteroatoms. The van der Waals surface area contributed by atoms with E-state index >= 15 is 0 Å². The molecule has 0 heterocycles. The van der Waals surface area contributed by atoms with Crippen LogP contribution < -0.4 is 5.73 Å². The Bertz CT molecular complexity index is 272. The predicted octanol–water partition coefficient (Wildman–Crippen LogP) is 1.33. The first kappa shape index (κ1) is 12.0. The Balaban J connectivity index is 2.49. The molecule has 0 aromatic carbocycles. The fourth-order valence-corrected chi connectivity index (χ4v) is 4.04. The van der Waals surface area contributed by atoms with E-state index < -0.39 is 9.84 Å². The maximum atomic E-state index is 11.8. The first-order valence-electron chi connectivity index (χ1n) is 5.39. The van der Waals surface area contributed by atoms with Crippen molar-refractivity contribution in [3.63, 3.8) is 0 Å². The van der Waals surface area contributed by atoms with Crippen LogP contribution in [0.25, 0.3) is 0 Å². The molecule has 1 aliphatic rings. The summed E-state index contributed by atoms with van der Waals surface area (Å²) >= 11 is 0. The molecule has 2 N–H and O–H groups in total. The van der Waals surface area contributed by atoms with Gasteiger partial charge in [0.2, 0.25) is 0 Å². The Hall–Kier alpha value is -0.0900. The highest BCUT2D eigenvalue weighted by atomic mass is 32.2. The van der Waals surface area contributed by atoms with Gasteiger partial charge in [-0.15, -0.1) is 0 Å². The van der Waals surface area contributed by atoms with Crippen LogP contribution >= 0.6 is 0 Å². The monoisotopic (exact) mass is 219 g/mol. The molecule has 1 saturated carbocycles. The molecule has 2 unspecified atom stereocenters. The largest absolute Gasteiger partial charge is 0.328 e. The minimum atomic E-state index is -2.87. The topological polar surface area (TPSA) is 60.2 Å². The molecule has 0 aromatic heterocycles. The molecule has 0 aromatic rings. The fraction of sp³-hybridized carbons (Fsp3) is 1.00. The number of hydrogen-bond donors (Lipinski definition) is 1. The van der Waals surface area contributed by atoms with Gasteiger partial charge < -0.3 is 5.73 Å². The Kier molecular flexibility index (Phi) is 3.95. The Labute approximate surface area is 87.0 Å². The summed E-state index contributed by atoms with van der Waals surface area (Å²) in [6.07, 6.45) is 3.07. The van der Waals surface area contributed by atoms with Crippen molar-refractivity contribution in [2.75, 3.05) is 5.75 Å². The van der Waals surface area contributed by atoms with Gasteiger partial charge in [-0.05, 0) is 31.6 Å². The van der Waals surface area contributed by atoms with Crippen LogP contribution in [0, 0.1) is 5.92 Å². The van der Waals surface area contributed by atoms with Crippen LogP contribution in [-0.4, -0.2) is 25.5 Å². The quantitative estimate of drug-likeness (QED) is 0.776. The first-order chi connectivity index (χ1) is 6.42. The highest BCUT2D eigenvalue weighted by molar-refractivity contribution is 7.92. The molecule has 84 valence electrons. The molecule has 2 atom stereocenters. The van der Waals surface area contributed by atoms with Gasteiger partial charge in [-0.25, -0.2) is 8.42 Å². The molecule has 0 spiro atoms. The molecule has 1 rings (SSSR count). The van der Waals surface area contributed by atoms with E-state index in [2.05, 4.69) is 13.8 Å². The predicted molar refractivity (Wildman–Crippen MR) is 58.9 cm³/mol. The summed E-state index contributed by atoms with van der Waals surface area (Å²) in [6, 6.07) is 0.105. The molecule has 0 amide bonds. The Morgan fingerprint density at radius 3 is 2.43 bits per heavy atom. The summed E-state index contributed by atoms with van der Waals surface area (Å²) in [4.78, 5) is 0. The normalized spacial score (nSPS) is 28.6. The summed E-state index contributed by atoms with van der Waals surface area (Å²) in [5.74, 6) is 0.794. The van der Waals surface area contributed by atoms with Gasteiger partial charge in [-0.3, -0.25) is 0 Å². The van der Waals surface area contributed by atoms with Crippen molar-refractivity contribution in [3.05, 3.63) is 0 Å². The van der Waals surface area contributed by atoms with Crippen LogP contribution in [0.15, 0.2) is 0 Å². The lowest BCUT2D eigenvalue weighted by Crippen LogP contribution is -2.24. The van der Waals surface area contributed by atoms with Crippen molar-refractivity contribution in [2.24, 2.45) is 11.7 Å². The van der Waals surface area contributed by atoms with E-state index in [0.717, 1.165) is 19.3 Å². The molecular formula is C10H21NO2S. The third-order valence-electron chi connectivity index (χ3n) is 2.91. The van der Waals surface area contributed by atoms with Gasteiger partial charge in [-0.2, -0.15) is 0 Å². The summed E-state index contributed by atoms with van der Waals surface area (Å²) in [5, 5.41) is -0.156. The highest BCUT2D eigenvalue weighted by Crippen LogP contribution is 2.25. The maximum absolute atomic E-state index is 11.8. The smallest absolute Gasteiger partial charge is 0.153 e. The summed E-state index contributed by atoms with van der Waals surface area (Å²) in [5.41, 5.74) is 5.71. The van der Waals surface area contributed by atoms with Gasteiger partial charge >= 0.3 is 0 Å². The summed E-state index contributed by atoms with van der Waals surface area (Å²) in [6.45, 7) is 4.10. The number of rotatable bonds is 4. The lowest BCUT2D eigenvalue weighted by Gasteiger charge is -2.12. The lowest BCUT2D eigenvalue weighted by atomic mass is 10.2. The van der Waals surface area contributed by atoms with E-state index in [-0.39, 0.29) is 11.3 Å². The molecule has 1 aliphatic carbocycles. The number of hydrogen-bond acceptors (Lipinski definition) is 3. The zero-order valence-corrected chi connectivity index (χ0v) is 9.89. The van der Waals surface area contributed by atoms with Gasteiger partial charge in [0.05, 0.1) is 11.0 Å². The van der Waals surface area contributed by atoms with Gasteiger partial charge in [0, 0.05) is 6.04 Å². The molecule has 0 radical (unpaired) electrons. The SMILES string of the molecule is CC(C)CCS(=O)(=O)C1CCC(N)C1. The molecule has 1 fully saturated rings. The van der Waals surface area contributed by atoms with Crippen LogP contribution in [0.4, 0.5) is 0 Å². The molecule has 3 nitrogen and oxygen atoms in total. The van der Waals surface area contributed by atoms with Crippen LogP contribution in [0.3, 0.4) is 0 Å². The zero-order valence-electron chi connectivity index (χ0n) is 9.07. The van der Waals surface area contributed by atoms with E-state index in [9.17, 15) is 8.42 Å². The average molecular weight is 219 g/mol. The van der Waals surface area contributed by atoms with Crippen molar-refractivity contribution in [3.8, 4) is 0 Å². The zero-order chi connectivity index (χ0) is 10.8. The second-order valence-corrected chi connectivity index (χ2v) is 7.15. The third kappa shape index (κ3) is 3.24. The van der Waals surface area contributed by atoms with Crippen molar-refractivity contribution < 1.29 is 8.42 Å². The summed E-state index contributed by atoms with van der Waals surface area (Å²) in [7, 11) is -2.87. The van der Waals surface area contributed by atoms with E-state index in [1.807, 2.05) is 0 Å². The lowest BCUT2D eigenvalue weighted by molar-refractivity contribution is 0.559. The molecule has 14 heavy (non-hydrogen) atoms. The fourth-order valence-electron chi connectivity index (χ4n) is 1.87. The standard InChI is InChI=1S/C10H21NO2S/c1-8(2)5-6-14(12,13)10-4-3-9(11)7-10/h8-10H,3-7,11H2,1-2H3. The molecule has 0 bridgehead atoms. The Morgan fingerprint density at radius 2 is 2.00 bits per heavy atom. The molecular weight excluding hydrogens is 198 g/mol. The number of sulfone groups is 1. The van der Waals surface area contributed by atoms with Gasteiger partial charge in [0.1, 0.15) is 0 Å². The molecule has 0 saturated heterocycles. The van der Waals surface area contributed by atoms with Crippen molar-refractivity contribution in [1.82, 2.24) is 0 Å². The van der Waals surface area contributed by atoms with E-state index in [4.69, 9.17) is 5.73 Å². The van der Waals surface area contributed by atoms with Crippen molar-refractivity contribution in [2.45, 2.75) is 50.8 Å². The van der Waals surface area contributed by atoms with Gasteiger partial charge in [-0.1, -0.05) is 13.8 Å². The maximum Gasteiger partial charge on any atom is 0.153 e. The van der Waals surface area contributed by atoms with E-state index in [1.165, 1.54) is 0 Å². The van der Waals surface area contributed by atoms with Crippen molar-refractivity contribution in [1.29, 1.82) is 0 Å². The summed E-state index contributed by atoms with van der Waals surface area (Å²) < 4.78 is 23.7. The van der Waals surface area contributed by atoms with E-state index in [1.54, 1.807) is 0 Å². The van der Waals surface area contributed by atoms with Crippen LogP contribution in [-0.2, 0) is 9.84 Å². The number of nitrogens with two attached hydrogens (primary N) is 1. The van der Waals surface area contributed by atoms with Crippen LogP contribution in [0.2, 0.25) is 0 Å². The second-order valence-electron chi connectivity index (χ2n) is 4.74. The van der Waals surface area contributed by atoms with Crippen molar-refractivity contribution >= 4 is 9.84 Å². The Morgan fingerprint density at radius 1 is 1.36 bits per heavy atom. The minimum absolute atomic E-state index is 0.105. The average Bonchev–Trinajstić information content (AvgIpc) is 2.49. The van der Waals surface area contributed by atoms with E-state index in [0.29, 0.717) is 18.1 Å². The third-order valence-corrected chi connectivity index (χ3v) is 5.16. The minimum Gasteiger partial charge on any atom is -0.328 e. The van der Waals surface area contributed by atoms with Gasteiger partial charge in [0.25, 0.3) is 0 Å². The van der Waals surface area contributed by atoms with Gasteiger partial charge in [0.15, 0.2) is 9.84 Å².